The van der Waals surface area contributed by atoms with E-state index in [-0.39, 0.29) is 0 Å². The first-order valence-electron chi connectivity index (χ1n) is 8.88. The standard InChI is InChI=1S/C19H24N6O2/c1-3-20-19(22-13-14-6-4-7-15(12-14)26-2)21-10-9-17-23-18(25-24-17)16-8-5-11-27-16/h4-8,11-12H,3,9-10,13H2,1-2H3,(H2,20,21,22)(H,23,24,25). The Labute approximate surface area is 158 Å². The number of aromatic amines is 1. The van der Waals surface area contributed by atoms with Crippen LogP contribution in [0.4, 0.5) is 0 Å². The summed E-state index contributed by atoms with van der Waals surface area (Å²) in [7, 11) is 1.66. The molecule has 0 aliphatic carbocycles. The van der Waals surface area contributed by atoms with Crippen molar-refractivity contribution in [3.8, 4) is 17.3 Å². The highest BCUT2D eigenvalue weighted by atomic mass is 16.5. The maximum Gasteiger partial charge on any atom is 0.216 e. The fourth-order valence-corrected chi connectivity index (χ4v) is 2.51. The number of nitrogens with one attached hydrogen (secondary N) is 3. The number of aliphatic imine (C=N–C) groups is 1. The van der Waals surface area contributed by atoms with Gasteiger partial charge in [-0.3, -0.25) is 5.10 Å². The van der Waals surface area contributed by atoms with Crippen LogP contribution in [-0.4, -0.2) is 41.3 Å². The summed E-state index contributed by atoms with van der Waals surface area (Å²) < 4.78 is 10.5. The molecule has 8 heteroatoms. The number of guanidine groups is 1. The predicted molar refractivity (Wildman–Crippen MR) is 104 cm³/mol. The Kier molecular flexibility index (Phi) is 6.45. The second-order valence-corrected chi connectivity index (χ2v) is 5.81. The minimum atomic E-state index is 0.564. The van der Waals surface area contributed by atoms with Gasteiger partial charge in [0.25, 0.3) is 0 Å². The van der Waals surface area contributed by atoms with E-state index in [1.807, 2.05) is 43.3 Å². The van der Waals surface area contributed by atoms with Gasteiger partial charge >= 0.3 is 0 Å². The van der Waals surface area contributed by atoms with Gasteiger partial charge in [-0.15, -0.1) is 0 Å². The first-order chi connectivity index (χ1) is 13.3. The van der Waals surface area contributed by atoms with E-state index in [9.17, 15) is 0 Å². The second-order valence-electron chi connectivity index (χ2n) is 5.81. The van der Waals surface area contributed by atoms with E-state index in [0.717, 1.165) is 29.6 Å². The van der Waals surface area contributed by atoms with E-state index in [4.69, 9.17) is 9.15 Å². The zero-order valence-electron chi connectivity index (χ0n) is 15.5. The Hall–Kier alpha value is -3.29. The summed E-state index contributed by atoms with van der Waals surface area (Å²) in [6.45, 7) is 4.07. The topological polar surface area (TPSA) is 100 Å². The van der Waals surface area contributed by atoms with Crippen LogP contribution in [0.25, 0.3) is 11.6 Å². The Morgan fingerprint density at radius 3 is 2.96 bits per heavy atom. The number of ether oxygens (including phenoxy) is 1. The van der Waals surface area contributed by atoms with Crippen molar-refractivity contribution in [2.45, 2.75) is 19.9 Å². The van der Waals surface area contributed by atoms with Gasteiger partial charge in [-0.25, -0.2) is 9.98 Å². The number of H-pyrrole nitrogens is 1. The number of nitrogens with zero attached hydrogens (tertiary/aromatic N) is 3. The van der Waals surface area contributed by atoms with Crippen molar-refractivity contribution in [1.82, 2.24) is 25.8 Å². The van der Waals surface area contributed by atoms with Crippen LogP contribution in [0.1, 0.15) is 18.3 Å². The zero-order chi connectivity index (χ0) is 18.9. The van der Waals surface area contributed by atoms with E-state index in [0.29, 0.717) is 31.1 Å². The Morgan fingerprint density at radius 1 is 1.26 bits per heavy atom. The summed E-state index contributed by atoms with van der Waals surface area (Å²) in [4.78, 5) is 9.05. The average Bonchev–Trinajstić information content (AvgIpc) is 3.38. The van der Waals surface area contributed by atoms with E-state index in [1.54, 1.807) is 13.4 Å². The molecule has 0 unspecified atom stereocenters. The van der Waals surface area contributed by atoms with Gasteiger partial charge in [0.05, 0.1) is 19.9 Å². The summed E-state index contributed by atoms with van der Waals surface area (Å²) in [5.41, 5.74) is 1.09. The molecule has 2 heterocycles. The Morgan fingerprint density at radius 2 is 2.19 bits per heavy atom. The third kappa shape index (κ3) is 5.34. The van der Waals surface area contributed by atoms with E-state index < -0.39 is 0 Å². The zero-order valence-corrected chi connectivity index (χ0v) is 15.5. The molecule has 0 fully saturated rings. The highest BCUT2D eigenvalue weighted by Gasteiger charge is 2.08. The van der Waals surface area contributed by atoms with Crippen LogP contribution in [0.15, 0.2) is 52.1 Å². The van der Waals surface area contributed by atoms with Crippen molar-refractivity contribution < 1.29 is 9.15 Å². The molecule has 0 atom stereocenters. The first kappa shape index (κ1) is 18.5. The molecule has 142 valence electrons. The number of methoxy groups -OCH3 is 1. The molecule has 0 saturated carbocycles. The highest BCUT2D eigenvalue weighted by molar-refractivity contribution is 5.79. The minimum absolute atomic E-state index is 0.564. The lowest BCUT2D eigenvalue weighted by atomic mass is 10.2. The first-order valence-corrected chi connectivity index (χ1v) is 8.88. The molecular weight excluding hydrogens is 344 g/mol. The normalized spacial score (nSPS) is 11.4. The molecule has 0 aliphatic heterocycles. The monoisotopic (exact) mass is 368 g/mol. The molecule has 27 heavy (non-hydrogen) atoms. The molecule has 0 bridgehead atoms. The SMILES string of the molecule is CCNC(=NCc1cccc(OC)c1)NCCc1nc(-c2ccco2)n[nH]1. The van der Waals surface area contributed by atoms with Crippen molar-refractivity contribution in [2.24, 2.45) is 4.99 Å². The number of hydrogen-bond donors (Lipinski definition) is 3. The van der Waals surface area contributed by atoms with Crippen LogP contribution in [0.2, 0.25) is 0 Å². The van der Waals surface area contributed by atoms with Gasteiger partial charge < -0.3 is 19.8 Å². The lowest BCUT2D eigenvalue weighted by Gasteiger charge is -2.10. The van der Waals surface area contributed by atoms with E-state index in [2.05, 4.69) is 30.8 Å². The van der Waals surface area contributed by atoms with Gasteiger partial charge in [-0.2, -0.15) is 5.10 Å². The van der Waals surface area contributed by atoms with Gasteiger partial charge in [0.15, 0.2) is 11.7 Å². The van der Waals surface area contributed by atoms with Crippen LogP contribution in [0.5, 0.6) is 5.75 Å². The number of benzene rings is 1. The van der Waals surface area contributed by atoms with Gasteiger partial charge in [-0.05, 0) is 36.8 Å². The molecule has 0 radical (unpaired) electrons. The summed E-state index contributed by atoms with van der Waals surface area (Å²) in [5.74, 6) is 3.59. The van der Waals surface area contributed by atoms with Crippen molar-refractivity contribution in [3.63, 3.8) is 0 Å². The Balaban J connectivity index is 1.53. The summed E-state index contributed by atoms with van der Waals surface area (Å²) in [6.07, 6.45) is 2.30. The van der Waals surface area contributed by atoms with Gasteiger partial charge in [0, 0.05) is 19.5 Å². The number of hydrogen-bond acceptors (Lipinski definition) is 5. The van der Waals surface area contributed by atoms with Crippen LogP contribution in [0, 0.1) is 0 Å². The average molecular weight is 368 g/mol. The van der Waals surface area contributed by atoms with Gasteiger partial charge in [0.2, 0.25) is 5.82 Å². The molecule has 1 aromatic carbocycles. The Bertz CT molecular complexity index is 857. The van der Waals surface area contributed by atoms with Gasteiger partial charge in [-0.1, -0.05) is 12.1 Å². The van der Waals surface area contributed by atoms with Crippen LogP contribution in [-0.2, 0) is 13.0 Å². The third-order valence-corrected chi connectivity index (χ3v) is 3.83. The molecule has 0 aliphatic rings. The van der Waals surface area contributed by atoms with E-state index >= 15 is 0 Å². The van der Waals surface area contributed by atoms with Crippen LogP contribution < -0.4 is 15.4 Å². The number of aromatic nitrogens is 3. The lowest BCUT2D eigenvalue weighted by molar-refractivity contribution is 0.414. The summed E-state index contributed by atoms with van der Waals surface area (Å²) in [6, 6.07) is 11.5. The highest BCUT2D eigenvalue weighted by Crippen LogP contribution is 2.14. The number of rotatable bonds is 8. The van der Waals surface area contributed by atoms with E-state index in [1.165, 1.54) is 0 Å². The largest absolute Gasteiger partial charge is 0.497 e. The molecule has 0 spiro atoms. The van der Waals surface area contributed by atoms with Crippen molar-refractivity contribution >= 4 is 5.96 Å². The molecule has 3 aromatic rings. The minimum Gasteiger partial charge on any atom is -0.497 e. The molecule has 0 amide bonds. The maximum atomic E-state index is 5.30. The van der Waals surface area contributed by atoms with Crippen molar-refractivity contribution in [1.29, 1.82) is 0 Å². The van der Waals surface area contributed by atoms with Crippen molar-refractivity contribution in [3.05, 3.63) is 54.0 Å². The molecule has 0 saturated heterocycles. The molecular formula is C19H24N6O2. The fraction of sp³-hybridized carbons (Fsp3) is 0.316. The predicted octanol–water partition coefficient (Wildman–Crippen LogP) is 2.37. The fourth-order valence-electron chi connectivity index (χ4n) is 2.51. The van der Waals surface area contributed by atoms with Crippen molar-refractivity contribution in [2.75, 3.05) is 20.2 Å². The lowest BCUT2D eigenvalue weighted by Crippen LogP contribution is -2.38. The van der Waals surface area contributed by atoms with Crippen LogP contribution in [0.3, 0.4) is 0 Å². The third-order valence-electron chi connectivity index (χ3n) is 3.83. The van der Waals surface area contributed by atoms with Crippen LogP contribution >= 0.6 is 0 Å². The summed E-state index contributed by atoms with van der Waals surface area (Å²) in [5, 5.41) is 13.7. The maximum absolute atomic E-state index is 5.30. The molecule has 3 N–H and O–H groups in total. The molecule has 8 nitrogen and oxygen atoms in total. The quantitative estimate of drug-likeness (QED) is 0.417. The van der Waals surface area contributed by atoms with Gasteiger partial charge in [0.1, 0.15) is 11.6 Å². The second kappa shape index (κ2) is 9.42. The smallest absolute Gasteiger partial charge is 0.216 e. The number of furan rings is 1. The molecule has 3 rings (SSSR count). The summed E-state index contributed by atoms with van der Waals surface area (Å²) >= 11 is 0. The molecule has 2 aromatic heterocycles.